The third kappa shape index (κ3) is 2.18. The Morgan fingerprint density at radius 2 is 1.94 bits per heavy atom. The van der Waals surface area contributed by atoms with Crippen LogP contribution in [0.5, 0.6) is 0 Å². The second kappa shape index (κ2) is 4.40. The van der Waals surface area contributed by atoms with Crippen molar-refractivity contribution in [3.05, 3.63) is 56.2 Å². The Bertz CT molecular complexity index is 543. The van der Waals surface area contributed by atoms with Gasteiger partial charge in [-0.05, 0) is 49.7 Å². The third-order valence-corrected chi connectivity index (χ3v) is 3.63. The monoisotopic (exact) mass is 250 g/mol. The van der Waals surface area contributed by atoms with Crippen molar-refractivity contribution in [1.29, 1.82) is 0 Å². The molecule has 0 N–H and O–H groups in total. The topological polar surface area (TPSA) is 17.1 Å². The maximum absolute atomic E-state index is 12.2. The van der Waals surface area contributed by atoms with Gasteiger partial charge in [0.15, 0.2) is 0 Å². The average molecular weight is 251 g/mol. The molecular formula is C13H11ClOS. The largest absolute Gasteiger partial charge is 0.288 e. The van der Waals surface area contributed by atoms with Crippen LogP contribution in [0.4, 0.5) is 0 Å². The number of ketones is 1. The van der Waals surface area contributed by atoms with E-state index < -0.39 is 0 Å². The van der Waals surface area contributed by atoms with Gasteiger partial charge in [0.2, 0.25) is 5.78 Å². The first-order valence-electron chi connectivity index (χ1n) is 4.95. The van der Waals surface area contributed by atoms with Crippen molar-refractivity contribution in [3.63, 3.8) is 0 Å². The highest BCUT2D eigenvalue weighted by atomic mass is 35.5. The van der Waals surface area contributed by atoms with Gasteiger partial charge in [-0.15, -0.1) is 11.3 Å². The van der Waals surface area contributed by atoms with Crippen LogP contribution in [0.25, 0.3) is 0 Å². The quantitative estimate of drug-likeness (QED) is 0.729. The summed E-state index contributed by atoms with van der Waals surface area (Å²) in [5, 5.41) is 0.663. The smallest absolute Gasteiger partial charge is 0.203 e. The van der Waals surface area contributed by atoms with E-state index in [1.54, 1.807) is 12.1 Å². The SMILES string of the molecule is Cc1ccc(C(=O)c2ccc(Cl)cc2C)s1. The number of hydrogen-bond acceptors (Lipinski definition) is 2. The minimum absolute atomic E-state index is 0.0762. The fourth-order valence-electron chi connectivity index (χ4n) is 1.57. The number of aryl methyl sites for hydroxylation is 2. The Morgan fingerprint density at radius 1 is 1.19 bits per heavy atom. The third-order valence-electron chi connectivity index (χ3n) is 2.40. The number of thiophene rings is 1. The number of benzene rings is 1. The van der Waals surface area contributed by atoms with E-state index in [1.165, 1.54) is 11.3 Å². The molecule has 0 unspecified atom stereocenters. The summed E-state index contributed by atoms with van der Waals surface area (Å²) in [6.07, 6.45) is 0. The summed E-state index contributed by atoms with van der Waals surface area (Å²) in [4.78, 5) is 14.1. The van der Waals surface area contributed by atoms with E-state index in [2.05, 4.69) is 0 Å². The average Bonchev–Trinajstić information content (AvgIpc) is 2.64. The Morgan fingerprint density at radius 3 is 2.50 bits per heavy atom. The highest BCUT2D eigenvalue weighted by Gasteiger charge is 2.13. The van der Waals surface area contributed by atoms with E-state index in [0.717, 1.165) is 20.9 Å². The normalized spacial score (nSPS) is 10.4. The second-order valence-electron chi connectivity index (χ2n) is 3.70. The molecule has 0 aliphatic rings. The van der Waals surface area contributed by atoms with Gasteiger partial charge in [0, 0.05) is 15.5 Å². The number of rotatable bonds is 2. The Labute approximate surface area is 104 Å². The van der Waals surface area contributed by atoms with Crippen molar-refractivity contribution in [3.8, 4) is 0 Å². The summed E-state index contributed by atoms with van der Waals surface area (Å²) in [6.45, 7) is 3.90. The Balaban J connectivity index is 2.41. The zero-order valence-corrected chi connectivity index (χ0v) is 10.7. The molecule has 1 nitrogen and oxygen atoms in total. The van der Waals surface area contributed by atoms with Gasteiger partial charge in [0.05, 0.1) is 4.88 Å². The molecule has 1 aromatic carbocycles. The fourth-order valence-corrected chi connectivity index (χ4v) is 2.62. The molecule has 0 spiro atoms. The standard InChI is InChI=1S/C13H11ClOS/c1-8-7-10(14)4-5-11(8)13(15)12-6-3-9(2)16-12/h3-7H,1-2H3. The first-order chi connectivity index (χ1) is 7.58. The molecule has 0 fully saturated rings. The zero-order chi connectivity index (χ0) is 11.7. The lowest BCUT2D eigenvalue weighted by molar-refractivity contribution is 0.104. The van der Waals surface area contributed by atoms with Crippen molar-refractivity contribution in [2.75, 3.05) is 0 Å². The van der Waals surface area contributed by atoms with Gasteiger partial charge >= 0.3 is 0 Å². The van der Waals surface area contributed by atoms with Gasteiger partial charge in [0.25, 0.3) is 0 Å². The Kier molecular flexibility index (Phi) is 3.13. The van der Waals surface area contributed by atoms with Crippen LogP contribution in [0.15, 0.2) is 30.3 Å². The van der Waals surface area contributed by atoms with Crippen LogP contribution >= 0.6 is 22.9 Å². The Hall–Kier alpha value is -1.12. The molecular weight excluding hydrogens is 240 g/mol. The first-order valence-corrected chi connectivity index (χ1v) is 6.14. The van der Waals surface area contributed by atoms with Gasteiger partial charge in [0.1, 0.15) is 0 Å². The molecule has 3 heteroatoms. The van der Waals surface area contributed by atoms with Gasteiger partial charge in [-0.1, -0.05) is 11.6 Å². The van der Waals surface area contributed by atoms with E-state index in [9.17, 15) is 4.79 Å². The maximum atomic E-state index is 12.2. The molecule has 1 aromatic heterocycles. The maximum Gasteiger partial charge on any atom is 0.203 e. The zero-order valence-electron chi connectivity index (χ0n) is 9.08. The van der Waals surface area contributed by atoms with Crippen LogP contribution < -0.4 is 0 Å². The minimum atomic E-state index is 0.0762. The fraction of sp³-hybridized carbons (Fsp3) is 0.154. The molecule has 2 rings (SSSR count). The number of hydrogen-bond donors (Lipinski definition) is 0. The summed E-state index contributed by atoms with van der Waals surface area (Å²) in [5.74, 6) is 0.0762. The number of carbonyl (C=O) groups excluding carboxylic acids is 1. The summed E-state index contributed by atoms with van der Waals surface area (Å²) >= 11 is 7.38. The van der Waals surface area contributed by atoms with Crippen LogP contribution in [-0.4, -0.2) is 5.78 Å². The molecule has 0 saturated carbocycles. The molecule has 0 aliphatic carbocycles. The van der Waals surface area contributed by atoms with E-state index in [4.69, 9.17) is 11.6 Å². The predicted molar refractivity (Wildman–Crippen MR) is 68.7 cm³/mol. The summed E-state index contributed by atoms with van der Waals surface area (Å²) in [5.41, 5.74) is 1.65. The van der Waals surface area contributed by atoms with Crippen LogP contribution in [0.3, 0.4) is 0 Å². The highest BCUT2D eigenvalue weighted by molar-refractivity contribution is 7.14. The molecule has 0 aliphatic heterocycles. The van der Waals surface area contributed by atoms with E-state index in [-0.39, 0.29) is 5.78 Å². The lowest BCUT2D eigenvalue weighted by Gasteiger charge is -2.03. The molecule has 0 saturated heterocycles. The molecule has 0 atom stereocenters. The summed E-state index contributed by atoms with van der Waals surface area (Å²) in [6, 6.07) is 9.19. The van der Waals surface area contributed by atoms with Gasteiger partial charge in [-0.25, -0.2) is 0 Å². The molecule has 2 aromatic rings. The van der Waals surface area contributed by atoms with E-state index in [0.29, 0.717) is 5.02 Å². The van der Waals surface area contributed by atoms with Crippen LogP contribution in [0.1, 0.15) is 25.7 Å². The van der Waals surface area contributed by atoms with E-state index >= 15 is 0 Å². The first kappa shape index (κ1) is 11.4. The van der Waals surface area contributed by atoms with Crippen LogP contribution in [0, 0.1) is 13.8 Å². The van der Waals surface area contributed by atoms with Crippen molar-refractivity contribution in [1.82, 2.24) is 0 Å². The van der Waals surface area contributed by atoms with Crippen molar-refractivity contribution < 1.29 is 4.79 Å². The van der Waals surface area contributed by atoms with Gasteiger partial charge < -0.3 is 0 Å². The number of halogens is 1. The lowest BCUT2D eigenvalue weighted by atomic mass is 10.0. The highest BCUT2D eigenvalue weighted by Crippen LogP contribution is 2.22. The van der Waals surface area contributed by atoms with Crippen molar-refractivity contribution in [2.24, 2.45) is 0 Å². The summed E-state index contributed by atoms with van der Waals surface area (Å²) < 4.78 is 0. The van der Waals surface area contributed by atoms with Gasteiger partial charge in [-0.2, -0.15) is 0 Å². The van der Waals surface area contributed by atoms with E-state index in [1.807, 2.05) is 32.0 Å². The van der Waals surface area contributed by atoms with Crippen molar-refractivity contribution >= 4 is 28.7 Å². The molecule has 0 bridgehead atoms. The minimum Gasteiger partial charge on any atom is -0.288 e. The molecule has 1 heterocycles. The lowest BCUT2D eigenvalue weighted by Crippen LogP contribution is -2.00. The van der Waals surface area contributed by atoms with Crippen molar-refractivity contribution in [2.45, 2.75) is 13.8 Å². The van der Waals surface area contributed by atoms with Crippen LogP contribution in [0.2, 0.25) is 5.02 Å². The number of carbonyl (C=O) groups is 1. The van der Waals surface area contributed by atoms with Gasteiger partial charge in [-0.3, -0.25) is 4.79 Å². The molecule has 82 valence electrons. The predicted octanol–water partition coefficient (Wildman–Crippen LogP) is 4.25. The molecule has 16 heavy (non-hydrogen) atoms. The molecule has 0 amide bonds. The molecule has 0 radical (unpaired) electrons. The summed E-state index contributed by atoms with van der Waals surface area (Å²) in [7, 11) is 0. The van der Waals surface area contributed by atoms with Crippen LogP contribution in [-0.2, 0) is 0 Å². The second-order valence-corrected chi connectivity index (χ2v) is 5.42.